The van der Waals surface area contributed by atoms with Crippen LogP contribution in [0.4, 0.5) is 5.69 Å². The molecule has 140 valence electrons. The lowest BCUT2D eigenvalue weighted by atomic mass is 9.68. The van der Waals surface area contributed by atoms with Crippen molar-refractivity contribution in [1.29, 1.82) is 0 Å². The summed E-state index contributed by atoms with van der Waals surface area (Å²) < 4.78 is 23.7. The maximum Gasteiger partial charge on any atom is 0.231 e. The van der Waals surface area contributed by atoms with E-state index >= 15 is 0 Å². The van der Waals surface area contributed by atoms with Gasteiger partial charge in [-0.15, -0.1) is 0 Å². The SMILES string of the molecule is CC=C1CN2[C@H]3C[C@@H]1[C@@H]1COC4=Nc5cc6c(c(OC)c5[C@@]43C[C@@H]12)OCO6. The predicted octanol–water partition coefficient (Wildman–Crippen LogP) is 2.77. The lowest BCUT2D eigenvalue weighted by Gasteiger charge is -2.54. The molecule has 7 aliphatic heterocycles. The number of aliphatic imine (C=N–C) groups is 1. The summed E-state index contributed by atoms with van der Waals surface area (Å²) in [6.45, 7) is 4.27. The quantitative estimate of drug-likeness (QED) is 0.716. The number of fused-ring (bicyclic) bond motifs is 3. The van der Waals surface area contributed by atoms with Gasteiger partial charge < -0.3 is 18.9 Å². The monoisotopic (exact) mass is 366 g/mol. The highest BCUT2D eigenvalue weighted by atomic mass is 16.7. The van der Waals surface area contributed by atoms with E-state index in [0.29, 0.717) is 23.9 Å². The van der Waals surface area contributed by atoms with E-state index in [9.17, 15) is 0 Å². The Labute approximate surface area is 157 Å². The fraction of sp³-hybridized carbons (Fsp3) is 0.571. The van der Waals surface area contributed by atoms with Crippen molar-refractivity contribution in [2.24, 2.45) is 16.8 Å². The van der Waals surface area contributed by atoms with Gasteiger partial charge in [-0.25, -0.2) is 4.99 Å². The molecule has 0 radical (unpaired) electrons. The molecule has 27 heavy (non-hydrogen) atoms. The highest BCUT2D eigenvalue weighted by Gasteiger charge is 2.69. The van der Waals surface area contributed by atoms with Crippen molar-refractivity contribution >= 4 is 11.6 Å². The van der Waals surface area contributed by atoms with Gasteiger partial charge in [0.1, 0.15) is 0 Å². The highest BCUT2D eigenvalue weighted by Crippen LogP contribution is 2.66. The maximum atomic E-state index is 6.40. The Morgan fingerprint density at radius 3 is 3.11 bits per heavy atom. The maximum absolute atomic E-state index is 6.40. The van der Waals surface area contributed by atoms with Crippen molar-refractivity contribution in [2.45, 2.75) is 37.3 Å². The van der Waals surface area contributed by atoms with E-state index in [1.54, 1.807) is 12.7 Å². The lowest BCUT2D eigenvalue weighted by Crippen LogP contribution is -2.61. The molecule has 1 unspecified atom stereocenters. The second-order valence-corrected chi connectivity index (χ2v) is 8.57. The Kier molecular flexibility index (Phi) is 2.53. The Bertz CT molecular complexity index is 954. The molecule has 7 aliphatic rings. The summed E-state index contributed by atoms with van der Waals surface area (Å²) in [5, 5.41) is 0. The van der Waals surface area contributed by atoms with Gasteiger partial charge in [0.25, 0.3) is 0 Å². The number of piperidine rings is 3. The van der Waals surface area contributed by atoms with Crippen LogP contribution in [0.15, 0.2) is 22.7 Å². The third-order valence-electron chi connectivity index (χ3n) is 7.89. The number of hydrogen-bond acceptors (Lipinski definition) is 6. The van der Waals surface area contributed by atoms with Crippen LogP contribution in [0.3, 0.4) is 0 Å². The fourth-order valence-electron chi connectivity index (χ4n) is 6.89. The summed E-state index contributed by atoms with van der Waals surface area (Å²) in [4.78, 5) is 7.70. The fourth-order valence-corrected chi connectivity index (χ4v) is 6.89. The van der Waals surface area contributed by atoms with Crippen LogP contribution in [0.2, 0.25) is 0 Å². The molecule has 0 amide bonds. The van der Waals surface area contributed by atoms with Crippen LogP contribution in [0.1, 0.15) is 25.3 Å². The molecule has 6 atom stereocenters. The summed E-state index contributed by atoms with van der Waals surface area (Å²) in [6.07, 6.45) is 4.57. The molecule has 0 aromatic heterocycles. The van der Waals surface area contributed by atoms with Crippen molar-refractivity contribution in [3.63, 3.8) is 0 Å². The number of nitrogens with zero attached hydrogens (tertiary/aromatic N) is 2. The van der Waals surface area contributed by atoms with Crippen LogP contribution < -0.4 is 14.2 Å². The molecule has 6 nitrogen and oxygen atoms in total. The second kappa shape index (κ2) is 4.61. The molecule has 0 aliphatic carbocycles. The zero-order valence-electron chi connectivity index (χ0n) is 15.5. The van der Waals surface area contributed by atoms with Gasteiger partial charge in [-0.3, -0.25) is 4.90 Å². The third kappa shape index (κ3) is 1.47. The van der Waals surface area contributed by atoms with Crippen LogP contribution in [0, 0.1) is 11.8 Å². The van der Waals surface area contributed by atoms with Gasteiger partial charge in [0.15, 0.2) is 11.5 Å². The predicted molar refractivity (Wildman–Crippen MR) is 98.1 cm³/mol. The number of hydrogen-bond donors (Lipinski definition) is 0. The minimum atomic E-state index is -0.213. The highest BCUT2D eigenvalue weighted by molar-refractivity contribution is 6.00. The van der Waals surface area contributed by atoms with Gasteiger partial charge in [-0.1, -0.05) is 11.6 Å². The molecule has 5 fully saturated rings. The average molecular weight is 366 g/mol. The van der Waals surface area contributed by atoms with Crippen molar-refractivity contribution in [3.8, 4) is 17.2 Å². The smallest absolute Gasteiger partial charge is 0.231 e. The van der Waals surface area contributed by atoms with Crippen molar-refractivity contribution in [1.82, 2.24) is 4.90 Å². The zero-order chi connectivity index (χ0) is 17.9. The molecule has 6 heteroatoms. The Morgan fingerprint density at radius 2 is 2.26 bits per heavy atom. The first-order valence-corrected chi connectivity index (χ1v) is 9.90. The molecular formula is C21H22N2O4. The number of methoxy groups -OCH3 is 1. The van der Waals surface area contributed by atoms with Crippen LogP contribution in [-0.4, -0.2) is 49.9 Å². The molecule has 5 saturated heterocycles. The summed E-state index contributed by atoms with van der Waals surface area (Å²) >= 11 is 0. The Balaban J connectivity index is 1.49. The number of ether oxygens (including phenoxy) is 4. The number of benzene rings is 1. The van der Waals surface area contributed by atoms with Crippen LogP contribution in [0.5, 0.6) is 17.2 Å². The molecule has 1 aromatic rings. The summed E-state index contributed by atoms with van der Waals surface area (Å²) in [5.74, 6) is 4.33. The van der Waals surface area contributed by atoms with Crippen LogP contribution in [0.25, 0.3) is 0 Å². The van der Waals surface area contributed by atoms with Gasteiger partial charge in [-0.2, -0.15) is 0 Å². The van der Waals surface area contributed by atoms with E-state index in [4.69, 9.17) is 23.9 Å². The Hall–Kier alpha value is -2.21. The molecule has 8 rings (SSSR count). The van der Waals surface area contributed by atoms with Gasteiger partial charge in [0.2, 0.25) is 18.4 Å². The van der Waals surface area contributed by atoms with Crippen LogP contribution >= 0.6 is 0 Å². The normalized spacial score (nSPS) is 42.7. The van der Waals surface area contributed by atoms with E-state index in [-0.39, 0.29) is 12.2 Å². The molecular weight excluding hydrogens is 344 g/mol. The molecule has 0 N–H and O–H groups in total. The largest absolute Gasteiger partial charge is 0.492 e. The molecule has 0 saturated carbocycles. The zero-order valence-corrected chi connectivity index (χ0v) is 15.5. The summed E-state index contributed by atoms with van der Waals surface area (Å²) in [5.41, 5.74) is 3.46. The van der Waals surface area contributed by atoms with E-state index in [2.05, 4.69) is 17.9 Å². The second-order valence-electron chi connectivity index (χ2n) is 8.57. The van der Waals surface area contributed by atoms with Crippen molar-refractivity contribution in [2.75, 3.05) is 27.1 Å². The van der Waals surface area contributed by atoms with Gasteiger partial charge in [0, 0.05) is 36.2 Å². The topological polar surface area (TPSA) is 52.5 Å². The number of rotatable bonds is 1. The summed E-state index contributed by atoms with van der Waals surface area (Å²) in [6, 6.07) is 2.98. The van der Waals surface area contributed by atoms with E-state index in [1.807, 2.05) is 6.07 Å². The van der Waals surface area contributed by atoms with E-state index in [0.717, 1.165) is 54.0 Å². The van der Waals surface area contributed by atoms with Crippen molar-refractivity contribution in [3.05, 3.63) is 23.3 Å². The van der Waals surface area contributed by atoms with E-state index in [1.165, 1.54) is 6.42 Å². The standard InChI is InChI=1S/C21H22N2O4/c1-3-10-7-23-14-6-21-16(23)4-11(10)12(14)8-25-20(21)22-13-5-15-18(27-9-26-15)19(24-2)17(13)21/h3,5,11-12,14,16H,4,6-9H2,1-2H3/t11-,12-,14-,16-,21-/m0/s1. The van der Waals surface area contributed by atoms with Crippen LogP contribution in [-0.2, 0) is 10.2 Å². The van der Waals surface area contributed by atoms with Gasteiger partial charge in [0.05, 0.1) is 24.8 Å². The minimum Gasteiger partial charge on any atom is -0.492 e. The molecule has 1 spiro atoms. The number of allylic oxidation sites excluding steroid dienone is 1. The minimum absolute atomic E-state index is 0.213. The first-order chi connectivity index (χ1) is 13.3. The summed E-state index contributed by atoms with van der Waals surface area (Å²) in [7, 11) is 1.72. The van der Waals surface area contributed by atoms with E-state index < -0.39 is 0 Å². The third-order valence-corrected chi connectivity index (χ3v) is 7.89. The molecule has 1 aromatic carbocycles. The molecule has 7 heterocycles. The van der Waals surface area contributed by atoms with Gasteiger partial charge >= 0.3 is 0 Å². The first-order valence-electron chi connectivity index (χ1n) is 9.90. The lowest BCUT2D eigenvalue weighted by molar-refractivity contribution is -0.0152. The first kappa shape index (κ1) is 14.8. The molecule has 5 bridgehead atoms. The average Bonchev–Trinajstić information content (AvgIpc) is 3.30. The van der Waals surface area contributed by atoms with Gasteiger partial charge in [-0.05, 0) is 25.7 Å². The Morgan fingerprint density at radius 1 is 1.33 bits per heavy atom. The van der Waals surface area contributed by atoms with Crippen molar-refractivity contribution < 1.29 is 18.9 Å².